The van der Waals surface area contributed by atoms with Gasteiger partial charge in [-0.3, -0.25) is 24.6 Å². The van der Waals surface area contributed by atoms with E-state index in [1.54, 1.807) is 18.2 Å². The maximum absolute atomic E-state index is 12.9. The molecule has 1 heterocycles. The van der Waals surface area contributed by atoms with Gasteiger partial charge in [0, 0.05) is 15.7 Å². The number of non-ortho nitro benzene ring substituents is 1. The van der Waals surface area contributed by atoms with Gasteiger partial charge in [0.25, 0.3) is 16.8 Å². The van der Waals surface area contributed by atoms with Gasteiger partial charge >= 0.3 is 5.97 Å². The zero-order chi connectivity index (χ0) is 25.8. The van der Waals surface area contributed by atoms with Crippen molar-refractivity contribution in [3.63, 3.8) is 0 Å². The molecular weight excluding hydrogens is 599 g/mol. The van der Waals surface area contributed by atoms with Gasteiger partial charge in [-0.05, 0) is 88.0 Å². The number of carbonyl (C=O) groups is 3. The fourth-order valence-electron chi connectivity index (χ4n) is 3.30. The largest absolute Gasteiger partial charge is 0.493 e. The third-order valence-corrected chi connectivity index (χ3v) is 6.76. The quantitative estimate of drug-likeness (QED) is 0.0834. The average Bonchev–Trinajstić information content (AvgIpc) is 3.13. The van der Waals surface area contributed by atoms with Gasteiger partial charge in [-0.2, -0.15) is 0 Å². The zero-order valence-electron chi connectivity index (χ0n) is 18.7. The third-order valence-electron chi connectivity index (χ3n) is 5.13. The summed E-state index contributed by atoms with van der Waals surface area (Å²) in [5, 5.41) is 10.4. The Morgan fingerprint density at radius 3 is 2.39 bits per heavy atom. The van der Waals surface area contributed by atoms with Crippen LogP contribution < -0.4 is 9.47 Å². The van der Waals surface area contributed by atoms with E-state index in [1.807, 2.05) is 24.3 Å². The Kier molecular flexibility index (Phi) is 7.70. The highest BCUT2D eigenvalue weighted by molar-refractivity contribution is 14.1. The van der Waals surface area contributed by atoms with Gasteiger partial charge in [-0.1, -0.05) is 18.2 Å². The smallest absolute Gasteiger partial charge is 0.343 e. The molecule has 182 valence electrons. The van der Waals surface area contributed by atoms with Gasteiger partial charge in [-0.25, -0.2) is 4.79 Å². The number of benzene rings is 3. The number of nitro groups is 1. The van der Waals surface area contributed by atoms with E-state index in [1.165, 1.54) is 42.3 Å². The van der Waals surface area contributed by atoms with Crippen molar-refractivity contribution in [1.29, 1.82) is 0 Å². The van der Waals surface area contributed by atoms with Crippen molar-refractivity contribution in [3.05, 3.63) is 102 Å². The molecule has 0 unspecified atom stereocenters. The van der Waals surface area contributed by atoms with Crippen LogP contribution in [0.15, 0.2) is 71.6 Å². The van der Waals surface area contributed by atoms with Gasteiger partial charge < -0.3 is 9.47 Å². The summed E-state index contributed by atoms with van der Waals surface area (Å²) in [6.07, 6.45) is 1.57. The second kappa shape index (κ2) is 10.9. The number of halogens is 1. The molecule has 0 atom stereocenters. The van der Waals surface area contributed by atoms with Gasteiger partial charge in [0.1, 0.15) is 0 Å². The maximum Gasteiger partial charge on any atom is 0.343 e. The lowest BCUT2D eigenvalue weighted by molar-refractivity contribution is -0.384. The van der Waals surface area contributed by atoms with Crippen LogP contribution in [0.2, 0.25) is 0 Å². The number of hydrogen-bond donors (Lipinski definition) is 0. The normalized spacial score (nSPS) is 14.3. The Balaban J connectivity index is 1.49. The number of esters is 1. The molecule has 0 aliphatic carbocycles. The van der Waals surface area contributed by atoms with Crippen molar-refractivity contribution >= 4 is 63.2 Å². The van der Waals surface area contributed by atoms with Crippen LogP contribution in [0, 0.1) is 13.7 Å². The monoisotopic (exact) mass is 616 g/mol. The summed E-state index contributed by atoms with van der Waals surface area (Å²) in [5.41, 5.74) is 1.41. The predicted octanol–water partition coefficient (Wildman–Crippen LogP) is 5.66. The van der Waals surface area contributed by atoms with Crippen LogP contribution in [0.3, 0.4) is 0 Å². The second-order valence-corrected chi connectivity index (χ2v) is 9.74. The summed E-state index contributed by atoms with van der Waals surface area (Å²) in [7, 11) is 1.40. The number of nitrogens with zero attached hydrogens (tertiary/aromatic N) is 2. The van der Waals surface area contributed by atoms with Crippen LogP contribution in [-0.2, 0) is 11.3 Å². The second-order valence-electron chi connectivity index (χ2n) is 7.50. The van der Waals surface area contributed by atoms with Crippen molar-refractivity contribution in [2.75, 3.05) is 7.11 Å². The summed E-state index contributed by atoms with van der Waals surface area (Å²) in [5.74, 6) is -0.745. The lowest BCUT2D eigenvalue weighted by Gasteiger charge is -2.12. The van der Waals surface area contributed by atoms with Gasteiger partial charge in [-0.15, -0.1) is 0 Å². The molecule has 0 saturated carbocycles. The number of carbonyl (C=O) groups excluding carboxylic acids is 3. The minimum atomic E-state index is -0.715. The third kappa shape index (κ3) is 5.74. The topological polar surface area (TPSA) is 116 Å². The summed E-state index contributed by atoms with van der Waals surface area (Å²) < 4.78 is 11.8. The number of thioether (sulfide) groups is 1. The van der Waals surface area contributed by atoms with Crippen LogP contribution in [0.25, 0.3) is 6.08 Å². The van der Waals surface area contributed by atoms with E-state index in [0.29, 0.717) is 5.56 Å². The molecule has 1 aliphatic rings. The molecule has 3 aromatic rings. The maximum atomic E-state index is 12.9. The van der Waals surface area contributed by atoms with Crippen LogP contribution in [0.1, 0.15) is 21.5 Å². The molecule has 0 spiro atoms. The molecule has 36 heavy (non-hydrogen) atoms. The summed E-state index contributed by atoms with van der Waals surface area (Å²) in [4.78, 5) is 49.4. The first kappa shape index (κ1) is 25.4. The van der Waals surface area contributed by atoms with Crippen molar-refractivity contribution in [2.24, 2.45) is 0 Å². The minimum Gasteiger partial charge on any atom is -0.493 e. The van der Waals surface area contributed by atoms with E-state index in [4.69, 9.17) is 9.47 Å². The Bertz CT molecular complexity index is 1390. The molecule has 1 aliphatic heterocycles. The molecular formula is C25H17IN2O7S. The first-order chi connectivity index (χ1) is 17.2. The molecule has 0 aromatic heterocycles. The summed E-state index contributed by atoms with van der Waals surface area (Å²) >= 11 is 3.04. The number of nitro benzene ring substituents is 1. The van der Waals surface area contributed by atoms with Crippen LogP contribution in [0.4, 0.5) is 10.5 Å². The Labute approximate surface area is 223 Å². The highest BCUT2D eigenvalue weighted by Crippen LogP contribution is 2.35. The SMILES string of the molecule is COc1cc(/C=C2\SC(=O)N(Cc3ccc(I)cc3)C2=O)ccc1OC(=O)c1ccc([N+](=O)[O-])cc1. The number of amides is 2. The molecule has 3 aromatic carbocycles. The van der Waals surface area contributed by atoms with Crippen molar-refractivity contribution in [3.8, 4) is 11.5 Å². The van der Waals surface area contributed by atoms with Crippen molar-refractivity contribution < 1.29 is 28.8 Å². The number of hydrogen-bond acceptors (Lipinski definition) is 8. The Morgan fingerprint density at radius 2 is 1.75 bits per heavy atom. The molecule has 11 heteroatoms. The van der Waals surface area contributed by atoms with Crippen molar-refractivity contribution in [2.45, 2.75) is 6.54 Å². The molecule has 1 fully saturated rings. The van der Waals surface area contributed by atoms with E-state index in [2.05, 4.69) is 22.6 Å². The average molecular weight is 616 g/mol. The van der Waals surface area contributed by atoms with E-state index < -0.39 is 16.8 Å². The minimum absolute atomic E-state index is 0.129. The number of ether oxygens (including phenoxy) is 2. The highest BCUT2D eigenvalue weighted by atomic mass is 127. The fraction of sp³-hybridized carbons (Fsp3) is 0.0800. The molecule has 1 saturated heterocycles. The van der Waals surface area contributed by atoms with Crippen LogP contribution in [-0.4, -0.2) is 34.0 Å². The van der Waals surface area contributed by atoms with Crippen molar-refractivity contribution in [1.82, 2.24) is 4.90 Å². The van der Waals surface area contributed by atoms with Gasteiger partial charge in [0.05, 0.1) is 29.0 Å². The Morgan fingerprint density at radius 1 is 1.06 bits per heavy atom. The Hall–Kier alpha value is -3.71. The number of imide groups is 1. The van der Waals surface area contributed by atoms with Gasteiger partial charge in [0.15, 0.2) is 11.5 Å². The molecule has 0 radical (unpaired) electrons. The summed E-state index contributed by atoms with van der Waals surface area (Å²) in [6.45, 7) is 0.180. The van der Waals surface area contributed by atoms with Crippen LogP contribution in [0.5, 0.6) is 11.5 Å². The number of methoxy groups -OCH3 is 1. The molecule has 4 rings (SSSR count). The zero-order valence-corrected chi connectivity index (χ0v) is 21.6. The molecule has 9 nitrogen and oxygen atoms in total. The summed E-state index contributed by atoms with van der Waals surface area (Å²) in [6, 6.07) is 17.3. The lowest BCUT2D eigenvalue weighted by Crippen LogP contribution is -2.27. The van der Waals surface area contributed by atoms with E-state index in [-0.39, 0.29) is 39.4 Å². The van der Waals surface area contributed by atoms with E-state index in [9.17, 15) is 24.5 Å². The van der Waals surface area contributed by atoms with Crippen LogP contribution >= 0.6 is 34.4 Å². The molecule has 0 bridgehead atoms. The molecule has 2 amide bonds. The first-order valence-corrected chi connectivity index (χ1v) is 12.3. The number of rotatable bonds is 7. The first-order valence-electron chi connectivity index (χ1n) is 10.4. The predicted molar refractivity (Wildman–Crippen MR) is 142 cm³/mol. The van der Waals surface area contributed by atoms with E-state index in [0.717, 1.165) is 20.9 Å². The van der Waals surface area contributed by atoms with E-state index >= 15 is 0 Å². The molecule has 0 N–H and O–H groups in total. The lowest BCUT2D eigenvalue weighted by atomic mass is 10.1. The fourth-order valence-corrected chi connectivity index (χ4v) is 4.49. The van der Waals surface area contributed by atoms with Gasteiger partial charge in [0.2, 0.25) is 0 Å². The highest BCUT2D eigenvalue weighted by Gasteiger charge is 2.35. The standard InChI is InChI=1S/C25H17IN2O7S/c1-34-21-12-16(4-11-20(21)35-24(30)17-5-9-19(10-6-17)28(32)33)13-22-23(29)27(25(31)36-22)14-15-2-7-18(26)8-3-15/h2-13H,14H2,1H3/b22-13-.